The van der Waals surface area contributed by atoms with Crippen LogP contribution in [0.1, 0.15) is 31.5 Å². The molecule has 0 radical (unpaired) electrons. The molecule has 1 fully saturated rings. The molecule has 1 aliphatic rings. The fourth-order valence-electron chi connectivity index (χ4n) is 3.21. The minimum absolute atomic E-state index is 0.137. The second-order valence-electron chi connectivity index (χ2n) is 5.73. The van der Waals surface area contributed by atoms with Gasteiger partial charge in [0.15, 0.2) is 0 Å². The topological polar surface area (TPSA) is 67.2 Å². The number of carbonyl (C=O) groups is 2. The lowest BCUT2D eigenvalue weighted by Crippen LogP contribution is -2.38. The van der Waals surface area contributed by atoms with E-state index in [1.807, 2.05) is 23.1 Å². The molecular weight excluding hydrogens is 280 g/mol. The van der Waals surface area contributed by atoms with E-state index in [0.29, 0.717) is 12.5 Å². The summed E-state index contributed by atoms with van der Waals surface area (Å²) in [4.78, 5) is 24.0. The van der Waals surface area contributed by atoms with E-state index in [9.17, 15) is 9.59 Å². The predicted molar refractivity (Wildman–Crippen MR) is 84.7 cm³/mol. The Labute approximate surface area is 129 Å². The lowest BCUT2D eigenvalue weighted by atomic mass is 10.0. The first-order valence-corrected chi connectivity index (χ1v) is 7.55. The third-order valence-electron chi connectivity index (χ3n) is 4.45. The zero-order valence-electron chi connectivity index (χ0n) is 12.9. The highest BCUT2D eigenvalue weighted by atomic mass is 16.2. The van der Waals surface area contributed by atoms with E-state index in [4.69, 9.17) is 5.10 Å². The molecule has 1 aliphatic heterocycles. The van der Waals surface area contributed by atoms with Crippen LogP contribution in [-0.4, -0.2) is 40.1 Å². The number of aryl methyl sites for hydroxylation is 1. The number of nitrogens with zero attached hydrogens (tertiary/aromatic N) is 3. The van der Waals surface area contributed by atoms with Gasteiger partial charge in [-0.25, -0.2) is 0 Å². The average Bonchev–Trinajstić information content (AvgIpc) is 2.86. The maximum atomic E-state index is 11.4. The fourth-order valence-corrected chi connectivity index (χ4v) is 3.21. The number of likely N-dealkylation sites (tertiary alicyclic amines) is 1. The number of piperidine rings is 1. The fraction of sp³-hybridized carbons (Fsp3) is 0.438. The number of anilines is 1. The van der Waals surface area contributed by atoms with Crippen LogP contribution in [0.25, 0.3) is 10.9 Å². The van der Waals surface area contributed by atoms with E-state index >= 15 is 0 Å². The van der Waals surface area contributed by atoms with Gasteiger partial charge in [0.05, 0.1) is 11.7 Å². The molecule has 2 aromatic rings. The summed E-state index contributed by atoms with van der Waals surface area (Å²) in [6.45, 7) is 5.21. The second-order valence-corrected chi connectivity index (χ2v) is 5.73. The number of rotatable bonds is 3. The van der Waals surface area contributed by atoms with Crippen LogP contribution in [0.3, 0.4) is 0 Å². The number of aromatic nitrogens is 2. The molecule has 2 heterocycles. The summed E-state index contributed by atoms with van der Waals surface area (Å²) in [5.41, 5.74) is 2.66. The number of hydrogen-bond donors (Lipinski definition) is 1. The molecule has 0 spiro atoms. The van der Waals surface area contributed by atoms with Crippen molar-refractivity contribution in [2.45, 2.75) is 32.7 Å². The Hall–Kier alpha value is -2.37. The summed E-state index contributed by atoms with van der Waals surface area (Å²) in [6, 6.07) is 6.10. The lowest BCUT2D eigenvalue weighted by Gasteiger charge is -2.31. The average molecular weight is 300 g/mol. The smallest absolute Gasteiger partial charge is 0.219 e. The Bertz CT molecular complexity index is 714. The third-order valence-corrected chi connectivity index (χ3v) is 4.45. The van der Waals surface area contributed by atoms with Crippen molar-refractivity contribution in [2.75, 3.05) is 18.4 Å². The molecule has 1 N–H and O–H groups in total. The lowest BCUT2D eigenvalue weighted by molar-refractivity contribution is -0.130. The number of amides is 2. The summed E-state index contributed by atoms with van der Waals surface area (Å²) < 4.78 is 2.05. The van der Waals surface area contributed by atoms with Gasteiger partial charge in [0.1, 0.15) is 5.52 Å². The van der Waals surface area contributed by atoms with Crippen LogP contribution < -0.4 is 5.32 Å². The Morgan fingerprint density at radius 2 is 2.09 bits per heavy atom. The molecule has 1 saturated heterocycles. The van der Waals surface area contributed by atoms with Crippen LogP contribution in [0.15, 0.2) is 18.2 Å². The number of carbonyl (C=O) groups excluding carboxylic acids is 2. The quantitative estimate of drug-likeness (QED) is 0.883. The maximum absolute atomic E-state index is 11.4. The zero-order chi connectivity index (χ0) is 15.7. The Kier molecular flexibility index (Phi) is 3.83. The molecule has 22 heavy (non-hydrogen) atoms. The van der Waals surface area contributed by atoms with Gasteiger partial charge < -0.3 is 10.2 Å². The normalized spacial score (nSPS) is 16.0. The highest BCUT2D eigenvalue weighted by Gasteiger charge is 2.24. The Balaban J connectivity index is 1.92. The molecule has 1 aromatic carbocycles. The van der Waals surface area contributed by atoms with E-state index in [0.717, 1.165) is 48.2 Å². The maximum Gasteiger partial charge on any atom is 0.219 e. The highest BCUT2D eigenvalue weighted by molar-refractivity contribution is 5.95. The number of fused-ring (bicyclic) bond motifs is 1. The molecule has 0 aliphatic carbocycles. The molecule has 116 valence electrons. The van der Waals surface area contributed by atoms with E-state index < -0.39 is 0 Å². The van der Waals surface area contributed by atoms with Gasteiger partial charge in [-0.3, -0.25) is 14.3 Å². The largest absolute Gasteiger partial charge is 0.343 e. The molecule has 0 bridgehead atoms. The summed E-state index contributed by atoms with van der Waals surface area (Å²) in [5, 5.41) is 8.48. The summed E-state index contributed by atoms with van der Waals surface area (Å²) in [6.07, 6.45) is 2.49. The van der Waals surface area contributed by atoms with Gasteiger partial charge in [-0.2, -0.15) is 5.10 Å². The van der Waals surface area contributed by atoms with E-state index in [1.165, 1.54) is 0 Å². The highest BCUT2D eigenvalue weighted by Crippen LogP contribution is 2.30. The van der Waals surface area contributed by atoms with Gasteiger partial charge in [-0.15, -0.1) is 0 Å². The van der Waals surface area contributed by atoms with Crippen LogP contribution in [0.5, 0.6) is 0 Å². The van der Waals surface area contributed by atoms with Crippen molar-refractivity contribution in [1.82, 2.24) is 14.7 Å². The van der Waals surface area contributed by atoms with Crippen LogP contribution in [-0.2, 0) is 9.59 Å². The van der Waals surface area contributed by atoms with Gasteiger partial charge in [0.25, 0.3) is 0 Å². The van der Waals surface area contributed by atoms with Gasteiger partial charge in [-0.05, 0) is 25.8 Å². The number of benzene rings is 1. The first-order valence-electron chi connectivity index (χ1n) is 7.55. The Morgan fingerprint density at radius 1 is 1.36 bits per heavy atom. The molecule has 3 rings (SSSR count). The number of nitrogens with one attached hydrogen (secondary N) is 1. The monoisotopic (exact) mass is 300 g/mol. The molecule has 2 amide bonds. The van der Waals surface area contributed by atoms with Crippen LogP contribution >= 0.6 is 0 Å². The zero-order valence-corrected chi connectivity index (χ0v) is 12.9. The molecule has 0 atom stereocenters. The van der Waals surface area contributed by atoms with Crippen molar-refractivity contribution in [2.24, 2.45) is 0 Å². The Morgan fingerprint density at radius 3 is 2.73 bits per heavy atom. The summed E-state index contributed by atoms with van der Waals surface area (Å²) >= 11 is 0. The van der Waals surface area contributed by atoms with Crippen molar-refractivity contribution < 1.29 is 9.59 Å². The van der Waals surface area contributed by atoms with Crippen LogP contribution in [0, 0.1) is 6.92 Å². The van der Waals surface area contributed by atoms with Crippen molar-refractivity contribution in [3.8, 4) is 0 Å². The van der Waals surface area contributed by atoms with Crippen molar-refractivity contribution >= 4 is 28.9 Å². The first-order chi connectivity index (χ1) is 10.6. The SMILES string of the molecule is CC(=O)N1CCC(n2nc3c(NC=O)cccc3c2C)CC1. The van der Waals surface area contributed by atoms with Crippen molar-refractivity contribution in [3.05, 3.63) is 23.9 Å². The van der Waals surface area contributed by atoms with Crippen LogP contribution in [0.2, 0.25) is 0 Å². The first kappa shape index (κ1) is 14.6. The molecule has 0 saturated carbocycles. The third kappa shape index (κ3) is 2.45. The molecule has 6 nitrogen and oxygen atoms in total. The van der Waals surface area contributed by atoms with Gasteiger partial charge in [0, 0.05) is 31.1 Å². The van der Waals surface area contributed by atoms with E-state index in [-0.39, 0.29) is 5.91 Å². The second kappa shape index (κ2) is 5.79. The van der Waals surface area contributed by atoms with Gasteiger partial charge >= 0.3 is 0 Å². The van der Waals surface area contributed by atoms with Gasteiger partial charge in [-0.1, -0.05) is 12.1 Å². The number of hydrogen-bond acceptors (Lipinski definition) is 3. The minimum Gasteiger partial charge on any atom is -0.343 e. The summed E-state index contributed by atoms with van der Waals surface area (Å²) in [5.74, 6) is 0.137. The summed E-state index contributed by atoms with van der Waals surface area (Å²) in [7, 11) is 0. The van der Waals surface area contributed by atoms with Gasteiger partial charge in [0.2, 0.25) is 12.3 Å². The minimum atomic E-state index is 0.137. The molecule has 6 heteroatoms. The van der Waals surface area contributed by atoms with E-state index in [2.05, 4.69) is 16.9 Å². The molecular formula is C16H20N4O2. The van der Waals surface area contributed by atoms with E-state index in [1.54, 1.807) is 6.92 Å². The van der Waals surface area contributed by atoms with Crippen molar-refractivity contribution in [3.63, 3.8) is 0 Å². The predicted octanol–water partition coefficient (Wildman–Crippen LogP) is 2.10. The molecule has 1 aromatic heterocycles. The molecule has 0 unspecified atom stereocenters. The van der Waals surface area contributed by atoms with Crippen LogP contribution in [0.4, 0.5) is 5.69 Å². The standard InChI is InChI=1S/C16H20N4O2/c1-11-14-4-3-5-15(17-10-21)16(14)18-20(11)13-6-8-19(9-7-13)12(2)22/h3-5,10,13H,6-9H2,1-2H3,(H,17,21). The van der Waals surface area contributed by atoms with Crippen molar-refractivity contribution in [1.29, 1.82) is 0 Å².